The molecule has 0 bridgehead atoms. The van der Waals surface area contributed by atoms with Gasteiger partial charge in [-0.25, -0.2) is 19.6 Å². The molecular formula is C53H65Br2N9O6. The molecule has 8 rings (SSSR count). The topological polar surface area (TPSA) is 189 Å². The number of ether oxygens (including phenoxy) is 1. The van der Waals surface area contributed by atoms with Crippen molar-refractivity contribution in [2.75, 3.05) is 25.1 Å². The molecule has 372 valence electrons. The van der Waals surface area contributed by atoms with Crippen molar-refractivity contribution in [3.05, 3.63) is 110 Å². The van der Waals surface area contributed by atoms with Crippen LogP contribution in [0.3, 0.4) is 0 Å². The van der Waals surface area contributed by atoms with Crippen molar-refractivity contribution in [3.8, 4) is 22.5 Å². The number of carbonyl (C=O) groups excluding carboxylic acids is 3. The predicted octanol–water partition coefficient (Wildman–Crippen LogP) is 11.4. The van der Waals surface area contributed by atoms with E-state index in [0.717, 1.165) is 75.9 Å². The average Bonchev–Trinajstić information content (AvgIpc) is 4.20. The third-order valence-corrected chi connectivity index (χ3v) is 15.4. The van der Waals surface area contributed by atoms with Gasteiger partial charge in [0.1, 0.15) is 44.3 Å². The molecule has 5 heterocycles. The Bertz CT molecular complexity index is 2680. The Hall–Kier alpha value is -5.68. The second-order valence-electron chi connectivity index (χ2n) is 20.5. The minimum Gasteiger partial charge on any atom is -0.465 e. The third-order valence-electron chi connectivity index (χ3n) is 14.2. The van der Waals surface area contributed by atoms with Crippen LogP contribution in [-0.2, 0) is 19.7 Å². The summed E-state index contributed by atoms with van der Waals surface area (Å²) in [5, 5.41) is 14.6. The van der Waals surface area contributed by atoms with Crippen LogP contribution in [0.1, 0.15) is 139 Å². The van der Waals surface area contributed by atoms with Crippen molar-refractivity contribution in [2.24, 2.45) is 11.8 Å². The lowest BCUT2D eigenvalue weighted by Crippen LogP contribution is -2.51. The average molecular weight is 1080 g/mol. The van der Waals surface area contributed by atoms with Gasteiger partial charge < -0.3 is 45.1 Å². The van der Waals surface area contributed by atoms with Gasteiger partial charge in [0.2, 0.25) is 11.8 Å². The molecule has 2 aromatic heterocycles. The van der Waals surface area contributed by atoms with Gasteiger partial charge in [0, 0.05) is 29.9 Å². The molecule has 5 N–H and O–H groups in total. The number of benzene rings is 3. The summed E-state index contributed by atoms with van der Waals surface area (Å²) in [6, 6.07) is 24.4. The number of aromatic amines is 2. The van der Waals surface area contributed by atoms with Crippen LogP contribution in [0.5, 0.6) is 0 Å². The molecular weight excluding hydrogens is 1020 g/mol. The van der Waals surface area contributed by atoms with E-state index in [1.54, 1.807) is 4.90 Å². The van der Waals surface area contributed by atoms with Crippen molar-refractivity contribution in [2.45, 2.75) is 129 Å². The van der Waals surface area contributed by atoms with Gasteiger partial charge in [-0.1, -0.05) is 109 Å². The quantitative estimate of drug-likeness (QED) is 0.0764. The van der Waals surface area contributed by atoms with Crippen LogP contribution in [0.25, 0.3) is 22.5 Å². The summed E-state index contributed by atoms with van der Waals surface area (Å²) in [6.45, 7) is 15.3. The van der Waals surface area contributed by atoms with Gasteiger partial charge in [-0.15, -0.1) is 0 Å². The van der Waals surface area contributed by atoms with Crippen LogP contribution in [0, 0.1) is 11.8 Å². The number of anilines is 1. The molecule has 0 aliphatic carbocycles. The first-order valence-electron chi connectivity index (χ1n) is 24.4. The molecule has 70 heavy (non-hydrogen) atoms. The van der Waals surface area contributed by atoms with Crippen LogP contribution >= 0.6 is 31.9 Å². The zero-order valence-electron chi connectivity index (χ0n) is 41.2. The molecule has 0 radical (unpaired) electrons. The van der Waals surface area contributed by atoms with Gasteiger partial charge in [-0.3, -0.25) is 9.59 Å². The zero-order chi connectivity index (χ0) is 50.2. The Kier molecular flexibility index (Phi) is 15.2. The van der Waals surface area contributed by atoms with Crippen molar-refractivity contribution >= 4 is 61.5 Å². The number of nitrogens with zero attached hydrogens (tertiary/aromatic N) is 5. The standard InChI is InChI=1S/C53H65Br2N9O6/c1-29(2)41(58-51(67)68)49(65)62-27-9-11-39(62)47-56-43(45(54)60-47)33-17-13-31(14-18-33)37-25-26-38(64(37)36-23-21-35(22-24-36)53(5,6)7)32-15-19-34(20-16-32)44-46(55)61-48(57-44)40-12-10-28-63(40)50(66)42(30(3)4)59-52(69)70-8/h13-24,29-30,37-42,58H,9-12,25-28H2,1-8H3,(H,56,60)(H,57,61)(H,59,69)(H,67,68)/t37-,38-,39-,40-,41-,42-/m0/s1. The van der Waals surface area contributed by atoms with Crippen LogP contribution in [0.2, 0.25) is 0 Å². The molecule has 0 spiro atoms. The lowest BCUT2D eigenvalue weighted by molar-refractivity contribution is -0.136. The maximum atomic E-state index is 13.8. The number of rotatable bonds is 13. The van der Waals surface area contributed by atoms with Crippen LogP contribution in [-0.4, -0.2) is 91.1 Å². The van der Waals surface area contributed by atoms with Crippen molar-refractivity contribution in [3.63, 3.8) is 0 Å². The highest BCUT2D eigenvalue weighted by atomic mass is 79.9. The first-order valence-corrected chi connectivity index (χ1v) is 26.0. The number of methoxy groups -OCH3 is 1. The monoisotopic (exact) mass is 1080 g/mol. The molecule has 6 atom stereocenters. The second-order valence-corrected chi connectivity index (χ2v) is 22.1. The van der Waals surface area contributed by atoms with Crippen molar-refractivity contribution in [1.29, 1.82) is 0 Å². The van der Waals surface area contributed by atoms with E-state index in [1.165, 1.54) is 23.8 Å². The summed E-state index contributed by atoms with van der Waals surface area (Å²) < 4.78 is 6.28. The highest BCUT2D eigenvalue weighted by Gasteiger charge is 2.40. The summed E-state index contributed by atoms with van der Waals surface area (Å²) in [5.41, 5.74) is 8.23. The van der Waals surface area contributed by atoms with Crippen LogP contribution in [0.4, 0.5) is 15.3 Å². The van der Waals surface area contributed by atoms with E-state index < -0.39 is 24.3 Å². The maximum absolute atomic E-state index is 13.8. The molecule has 3 aliphatic rings. The van der Waals surface area contributed by atoms with E-state index in [9.17, 15) is 24.3 Å². The number of likely N-dealkylation sites (tertiary alicyclic amines) is 2. The number of hydrogen-bond acceptors (Lipinski definition) is 8. The number of imidazole rings is 2. The summed E-state index contributed by atoms with van der Waals surface area (Å²) in [6.07, 6.45) is 3.15. The van der Waals surface area contributed by atoms with E-state index in [1.807, 2.05) is 32.6 Å². The van der Waals surface area contributed by atoms with Crippen LogP contribution in [0.15, 0.2) is 82.0 Å². The molecule has 4 amide bonds. The van der Waals surface area contributed by atoms with Gasteiger partial charge in [0.25, 0.3) is 0 Å². The smallest absolute Gasteiger partial charge is 0.407 e. The molecule has 5 aromatic rings. The van der Waals surface area contributed by atoms with E-state index in [0.29, 0.717) is 24.7 Å². The molecule has 17 heteroatoms. The van der Waals surface area contributed by atoms with Gasteiger partial charge in [-0.2, -0.15) is 0 Å². The number of carbonyl (C=O) groups is 4. The molecule has 0 unspecified atom stereocenters. The number of nitrogens with one attached hydrogen (secondary N) is 4. The number of hydrogen-bond donors (Lipinski definition) is 5. The van der Waals surface area contributed by atoms with E-state index in [-0.39, 0.29) is 53.2 Å². The molecule has 3 fully saturated rings. The maximum Gasteiger partial charge on any atom is 0.407 e. The molecule has 3 aromatic carbocycles. The Balaban J connectivity index is 1.03. The van der Waals surface area contributed by atoms with Crippen molar-refractivity contribution in [1.82, 2.24) is 40.4 Å². The third kappa shape index (κ3) is 10.5. The van der Waals surface area contributed by atoms with E-state index in [2.05, 4.69) is 151 Å². The molecule has 3 saturated heterocycles. The lowest BCUT2D eigenvalue weighted by Gasteiger charge is -2.34. The minimum atomic E-state index is -1.22. The molecule has 0 saturated carbocycles. The van der Waals surface area contributed by atoms with Gasteiger partial charge >= 0.3 is 12.2 Å². The summed E-state index contributed by atoms with van der Waals surface area (Å²) in [7, 11) is 1.30. The van der Waals surface area contributed by atoms with Gasteiger partial charge in [0.15, 0.2) is 0 Å². The number of alkyl carbamates (subject to hydrolysis) is 1. The van der Waals surface area contributed by atoms with Crippen LogP contribution < -0.4 is 15.5 Å². The molecule has 15 nitrogen and oxygen atoms in total. The minimum absolute atomic E-state index is 0.0121. The second kappa shape index (κ2) is 21.0. The first kappa shape index (κ1) is 50.7. The zero-order valence-corrected chi connectivity index (χ0v) is 44.4. The van der Waals surface area contributed by atoms with E-state index >= 15 is 0 Å². The first-order chi connectivity index (χ1) is 33.3. The van der Waals surface area contributed by atoms with Gasteiger partial charge in [-0.05, 0) is 116 Å². The van der Waals surface area contributed by atoms with Crippen molar-refractivity contribution < 1.29 is 29.0 Å². The summed E-state index contributed by atoms with van der Waals surface area (Å²) in [5.74, 6) is 0.644. The summed E-state index contributed by atoms with van der Waals surface area (Å²) >= 11 is 7.48. The fraction of sp³-hybridized carbons (Fsp3) is 0.472. The highest BCUT2D eigenvalue weighted by Crippen LogP contribution is 2.48. The number of carboxylic acid groups (broad SMARTS) is 1. The summed E-state index contributed by atoms with van der Waals surface area (Å²) in [4.78, 5) is 74.2. The largest absolute Gasteiger partial charge is 0.465 e. The number of amides is 4. The van der Waals surface area contributed by atoms with E-state index in [4.69, 9.17) is 14.7 Å². The molecule has 3 aliphatic heterocycles. The fourth-order valence-electron chi connectivity index (χ4n) is 10.5. The Morgan fingerprint density at radius 2 is 1.09 bits per heavy atom. The Labute approximate surface area is 427 Å². The SMILES string of the molecule is COC(=O)N[C@H](C(=O)N1CCC[C@H]1c1nc(-c2ccc([C@@H]3CC[C@@H](c4ccc(-c5nc([C@@H]6CCCN6C(=O)[C@@H](NC(=O)O)C(C)C)[nH]c5Br)cc4)N3c3ccc(C(C)(C)C)cc3)cc2)c(Br)[nH]1)C(C)C. The van der Waals surface area contributed by atoms with Gasteiger partial charge in [0.05, 0.1) is 31.3 Å². The lowest BCUT2D eigenvalue weighted by atomic mass is 9.87. The predicted molar refractivity (Wildman–Crippen MR) is 277 cm³/mol. The highest BCUT2D eigenvalue weighted by molar-refractivity contribution is 9.10. The normalized spacial score (nSPS) is 20.3. The Morgan fingerprint density at radius 3 is 1.47 bits per heavy atom. The number of aromatic nitrogens is 4. The number of H-pyrrole nitrogens is 2. The fourth-order valence-corrected chi connectivity index (χ4v) is 11.5. The number of halogens is 2. The Morgan fingerprint density at radius 1 is 0.657 bits per heavy atom.